The van der Waals surface area contributed by atoms with Crippen LogP contribution >= 0.6 is 15.9 Å². The highest BCUT2D eigenvalue weighted by Crippen LogP contribution is 2.16. The van der Waals surface area contributed by atoms with Crippen LogP contribution in [0.15, 0.2) is 28.7 Å². The van der Waals surface area contributed by atoms with Crippen molar-refractivity contribution in [3.8, 4) is 5.75 Å². The van der Waals surface area contributed by atoms with Crippen LogP contribution < -0.4 is 10.1 Å². The Labute approximate surface area is 122 Å². The minimum Gasteiger partial charge on any atom is -0.491 e. The molecule has 5 heteroatoms. The molecule has 0 aliphatic rings. The first-order valence-electron chi connectivity index (χ1n) is 6.31. The molecule has 0 spiro atoms. The third kappa shape index (κ3) is 5.91. The number of nitrogens with one attached hydrogen (secondary N) is 1. The standard InChI is InChI=1S/C14H22BrNO3/c1-10(17)14(2,3)16-8-12(18)9-19-13-6-4-11(15)5-7-13/h4-7,10,12,16-18H,8-9H2,1-3H3. The first kappa shape index (κ1) is 16.4. The van der Waals surface area contributed by atoms with Crippen molar-refractivity contribution < 1.29 is 14.9 Å². The van der Waals surface area contributed by atoms with E-state index in [-0.39, 0.29) is 6.61 Å². The normalized spacial score (nSPS) is 15.1. The lowest BCUT2D eigenvalue weighted by Gasteiger charge is -2.30. The summed E-state index contributed by atoms with van der Waals surface area (Å²) in [4.78, 5) is 0. The first-order valence-corrected chi connectivity index (χ1v) is 7.10. The van der Waals surface area contributed by atoms with E-state index in [1.807, 2.05) is 38.1 Å². The Morgan fingerprint density at radius 1 is 1.26 bits per heavy atom. The molecule has 1 aromatic rings. The van der Waals surface area contributed by atoms with E-state index < -0.39 is 17.7 Å². The molecule has 0 amide bonds. The van der Waals surface area contributed by atoms with Crippen molar-refractivity contribution in [1.29, 1.82) is 0 Å². The van der Waals surface area contributed by atoms with Gasteiger partial charge in [-0.3, -0.25) is 0 Å². The predicted octanol–water partition coefficient (Wildman–Crippen LogP) is 1.94. The van der Waals surface area contributed by atoms with Gasteiger partial charge in [0, 0.05) is 16.6 Å². The zero-order valence-corrected chi connectivity index (χ0v) is 13.1. The summed E-state index contributed by atoms with van der Waals surface area (Å²) < 4.78 is 6.46. The molecular weight excluding hydrogens is 310 g/mol. The van der Waals surface area contributed by atoms with Gasteiger partial charge in [-0.25, -0.2) is 0 Å². The van der Waals surface area contributed by atoms with Gasteiger partial charge in [0.15, 0.2) is 0 Å². The zero-order chi connectivity index (χ0) is 14.5. The third-order valence-electron chi connectivity index (χ3n) is 3.09. The maximum absolute atomic E-state index is 9.83. The lowest BCUT2D eigenvalue weighted by Crippen LogP contribution is -2.51. The van der Waals surface area contributed by atoms with Gasteiger partial charge in [0.05, 0.1) is 6.10 Å². The van der Waals surface area contributed by atoms with E-state index >= 15 is 0 Å². The largest absolute Gasteiger partial charge is 0.491 e. The summed E-state index contributed by atoms with van der Waals surface area (Å²) in [7, 11) is 0. The van der Waals surface area contributed by atoms with E-state index in [2.05, 4.69) is 21.2 Å². The topological polar surface area (TPSA) is 61.7 Å². The van der Waals surface area contributed by atoms with Gasteiger partial charge >= 0.3 is 0 Å². The van der Waals surface area contributed by atoms with Crippen LogP contribution in [0.5, 0.6) is 5.75 Å². The molecular formula is C14H22BrNO3. The SMILES string of the molecule is CC(O)C(C)(C)NCC(O)COc1ccc(Br)cc1. The van der Waals surface area contributed by atoms with Crippen molar-refractivity contribution in [2.75, 3.05) is 13.2 Å². The summed E-state index contributed by atoms with van der Waals surface area (Å²) in [6.07, 6.45) is -1.12. The van der Waals surface area contributed by atoms with Crippen molar-refractivity contribution in [3.63, 3.8) is 0 Å². The van der Waals surface area contributed by atoms with E-state index in [1.54, 1.807) is 6.92 Å². The Balaban J connectivity index is 2.32. The number of β-amino-alcohol motifs (C(OH)–C–C–N with tert-alkyl or cyclic N) is 1. The number of aliphatic hydroxyl groups excluding tert-OH is 2. The second-order valence-corrected chi connectivity index (χ2v) is 6.11. The van der Waals surface area contributed by atoms with E-state index in [0.717, 1.165) is 10.2 Å². The average molecular weight is 332 g/mol. The highest BCUT2D eigenvalue weighted by molar-refractivity contribution is 9.10. The molecule has 0 radical (unpaired) electrons. The van der Waals surface area contributed by atoms with Crippen molar-refractivity contribution in [3.05, 3.63) is 28.7 Å². The summed E-state index contributed by atoms with van der Waals surface area (Å²) in [5.74, 6) is 0.719. The molecule has 0 aromatic heterocycles. The summed E-state index contributed by atoms with van der Waals surface area (Å²) in [5.41, 5.74) is -0.432. The molecule has 4 nitrogen and oxygen atoms in total. The fraction of sp³-hybridized carbons (Fsp3) is 0.571. The van der Waals surface area contributed by atoms with Crippen LogP contribution in [-0.4, -0.2) is 41.1 Å². The van der Waals surface area contributed by atoms with E-state index in [1.165, 1.54) is 0 Å². The van der Waals surface area contributed by atoms with Crippen molar-refractivity contribution >= 4 is 15.9 Å². The van der Waals surface area contributed by atoms with Crippen molar-refractivity contribution in [2.45, 2.75) is 38.5 Å². The molecule has 0 heterocycles. The molecule has 1 rings (SSSR count). The minimum absolute atomic E-state index is 0.213. The molecule has 19 heavy (non-hydrogen) atoms. The number of halogens is 1. The molecule has 1 aromatic carbocycles. The molecule has 0 bridgehead atoms. The number of ether oxygens (including phenoxy) is 1. The van der Waals surface area contributed by atoms with Gasteiger partial charge in [0.25, 0.3) is 0 Å². The van der Waals surface area contributed by atoms with Crippen LogP contribution in [0.2, 0.25) is 0 Å². The molecule has 3 N–H and O–H groups in total. The Morgan fingerprint density at radius 3 is 2.37 bits per heavy atom. The van der Waals surface area contributed by atoms with Gasteiger partial charge in [-0.05, 0) is 45.0 Å². The average Bonchev–Trinajstić information content (AvgIpc) is 2.35. The highest BCUT2D eigenvalue weighted by Gasteiger charge is 2.24. The lowest BCUT2D eigenvalue weighted by atomic mass is 9.99. The van der Waals surface area contributed by atoms with Gasteiger partial charge in [-0.15, -0.1) is 0 Å². The van der Waals surface area contributed by atoms with Crippen LogP contribution in [0.4, 0.5) is 0 Å². The summed E-state index contributed by atoms with van der Waals surface area (Å²) in [6.45, 7) is 6.08. The predicted molar refractivity (Wildman–Crippen MR) is 79.4 cm³/mol. The maximum atomic E-state index is 9.83. The van der Waals surface area contributed by atoms with Gasteiger partial charge in [0.1, 0.15) is 18.5 Å². The smallest absolute Gasteiger partial charge is 0.119 e. The number of hydrogen-bond acceptors (Lipinski definition) is 4. The van der Waals surface area contributed by atoms with E-state index in [4.69, 9.17) is 4.74 Å². The van der Waals surface area contributed by atoms with Gasteiger partial charge in [0.2, 0.25) is 0 Å². The molecule has 0 fully saturated rings. The molecule has 2 unspecified atom stereocenters. The summed E-state index contributed by atoms with van der Waals surface area (Å²) in [5, 5.41) is 22.5. The molecule has 108 valence electrons. The van der Waals surface area contributed by atoms with Gasteiger partial charge < -0.3 is 20.3 Å². The fourth-order valence-electron chi connectivity index (χ4n) is 1.31. The number of benzene rings is 1. The Bertz CT molecular complexity index is 379. The Kier molecular flexibility index (Phi) is 6.26. The molecule has 0 saturated carbocycles. The van der Waals surface area contributed by atoms with Gasteiger partial charge in [-0.2, -0.15) is 0 Å². The van der Waals surface area contributed by atoms with Crippen LogP contribution in [0, 0.1) is 0 Å². The third-order valence-corrected chi connectivity index (χ3v) is 3.62. The second-order valence-electron chi connectivity index (χ2n) is 5.20. The molecule has 2 atom stereocenters. The van der Waals surface area contributed by atoms with Crippen molar-refractivity contribution in [1.82, 2.24) is 5.32 Å². The van der Waals surface area contributed by atoms with Crippen LogP contribution in [0.3, 0.4) is 0 Å². The summed E-state index contributed by atoms with van der Waals surface area (Å²) in [6, 6.07) is 7.45. The number of rotatable bonds is 7. The molecule has 0 aliphatic heterocycles. The quantitative estimate of drug-likeness (QED) is 0.714. The van der Waals surface area contributed by atoms with Crippen LogP contribution in [-0.2, 0) is 0 Å². The highest BCUT2D eigenvalue weighted by atomic mass is 79.9. The lowest BCUT2D eigenvalue weighted by molar-refractivity contribution is 0.0648. The Morgan fingerprint density at radius 2 is 1.84 bits per heavy atom. The van der Waals surface area contributed by atoms with E-state index in [0.29, 0.717) is 6.54 Å². The van der Waals surface area contributed by atoms with Crippen LogP contribution in [0.1, 0.15) is 20.8 Å². The van der Waals surface area contributed by atoms with E-state index in [9.17, 15) is 10.2 Å². The first-order chi connectivity index (χ1) is 8.81. The fourth-order valence-corrected chi connectivity index (χ4v) is 1.58. The number of hydrogen-bond donors (Lipinski definition) is 3. The number of aliphatic hydroxyl groups is 2. The molecule has 0 aliphatic carbocycles. The van der Waals surface area contributed by atoms with Crippen LogP contribution in [0.25, 0.3) is 0 Å². The summed E-state index contributed by atoms with van der Waals surface area (Å²) >= 11 is 3.35. The minimum atomic E-state index is -0.623. The van der Waals surface area contributed by atoms with Gasteiger partial charge in [-0.1, -0.05) is 15.9 Å². The molecule has 0 saturated heterocycles. The monoisotopic (exact) mass is 331 g/mol. The maximum Gasteiger partial charge on any atom is 0.119 e. The zero-order valence-electron chi connectivity index (χ0n) is 11.6. The van der Waals surface area contributed by atoms with Crippen molar-refractivity contribution in [2.24, 2.45) is 0 Å². The Hall–Kier alpha value is -0.620. The second kappa shape index (κ2) is 7.24.